The predicted molar refractivity (Wildman–Crippen MR) is 127 cm³/mol. The van der Waals surface area contributed by atoms with Crippen molar-refractivity contribution >= 4 is 23.5 Å². The highest BCUT2D eigenvalue weighted by Crippen LogP contribution is 2.34. The normalized spacial score (nSPS) is 21.2. The van der Waals surface area contributed by atoms with Gasteiger partial charge in [0.25, 0.3) is 0 Å². The van der Waals surface area contributed by atoms with Crippen molar-refractivity contribution in [1.29, 1.82) is 0 Å². The fourth-order valence-electron chi connectivity index (χ4n) is 4.77. The topological polar surface area (TPSA) is 101 Å². The van der Waals surface area contributed by atoms with E-state index in [1.54, 1.807) is 6.07 Å². The zero-order valence-corrected chi connectivity index (χ0v) is 19.1. The van der Waals surface area contributed by atoms with Gasteiger partial charge in [-0.25, -0.2) is 4.39 Å². The maximum Gasteiger partial charge on any atom is 0.236 e. The van der Waals surface area contributed by atoms with Gasteiger partial charge in [-0.1, -0.05) is 19.3 Å². The molecule has 1 aromatic carbocycles. The van der Waals surface area contributed by atoms with Crippen LogP contribution in [0.15, 0.2) is 18.2 Å². The van der Waals surface area contributed by atoms with Gasteiger partial charge in [0, 0.05) is 30.9 Å². The average Bonchev–Trinajstić information content (AvgIpc) is 3.48. The number of benzene rings is 1. The number of hydrogen-bond donors (Lipinski definition) is 3. The first-order valence-electron chi connectivity index (χ1n) is 12.4. The van der Waals surface area contributed by atoms with E-state index in [0.29, 0.717) is 35.3 Å². The van der Waals surface area contributed by atoms with Gasteiger partial charge in [0.15, 0.2) is 11.6 Å². The van der Waals surface area contributed by atoms with Crippen molar-refractivity contribution in [3.05, 3.63) is 24.0 Å². The number of anilines is 4. The fourth-order valence-corrected chi connectivity index (χ4v) is 4.77. The molecule has 0 bridgehead atoms. The molecule has 33 heavy (non-hydrogen) atoms. The van der Waals surface area contributed by atoms with E-state index >= 15 is 0 Å². The van der Waals surface area contributed by atoms with Gasteiger partial charge in [0.1, 0.15) is 0 Å². The summed E-state index contributed by atoms with van der Waals surface area (Å²) in [6.07, 6.45) is 10.5. The van der Waals surface area contributed by atoms with Crippen LogP contribution in [0.5, 0.6) is 5.75 Å². The van der Waals surface area contributed by atoms with Crippen molar-refractivity contribution in [2.24, 2.45) is 5.92 Å². The summed E-state index contributed by atoms with van der Waals surface area (Å²) in [5.74, 6) is 1.51. The Hall–Kier alpha value is -2.68. The molecular formula is C24H34FN7O. The Labute approximate surface area is 194 Å². The summed E-state index contributed by atoms with van der Waals surface area (Å²) in [7, 11) is 0. The summed E-state index contributed by atoms with van der Waals surface area (Å²) in [6.45, 7) is 2.49. The van der Waals surface area contributed by atoms with Gasteiger partial charge in [0.05, 0.1) is 6.10 Å². The first-order valence-corrected chi connectivity index (χ1v) is 12.4. The van der Waals surface area contributed by atoms with Crippen LogP contribution in [0.2, 0.25) is 0 Å². The van der Waals surface area contributed by atoms with E-state index in [1.165, 1.54) is 31.7 Å². The van der Waals surface area contributed by atoms with Crippen molar-refractivity contribution < 1.29 is 9.13 Å². The van der Waals surface area contributed by atoms with Crippen molar-refractivity contribution in [3.63, 3.8) is 0 Å². The average molecular weight is 456 g/mol. The van der Waals surface area contributed by atoms with Gasteiger partial charge in [-0.3, -0.25) is 0 Å². The molecule has 3 aliphatic rings. The van der Waals surface area contributed by atoms with Gasteiger partial charge < -0.3 is 26.0 Å². The summed E-state index contributed by atoms with van der Waals surface area (Å²) in [5, 5.41) is 6.76. The molecule has 0 spiro atoms. The molecule has 0 amide bonds. The fraction of sp³-hybridized carbons (Fsp3) is 0.625. The molecule has 1 unspecified atom stereocenters. The van der Waals surface area contributed by atoms with Gasteiger partial charge in [-0.05, 0) is 63.1 Å². The Morgan fingerprint density at radius 1 is 1.06 bits per heavy atom. The van der Waals surface area contributed by atoms with Gasteiger partial charge in [0.2, 0.25) is 17.8 Å². The Balaban J connectivity index is 1.40. The second-order valence-electron chi connectivity index (χ2n) is 9.54. The lowest BCUT2D eigenvalue weighted by molar-refractivity contribution is 0.287. The molecule has 178 valence electrons. The Bertz CT molecular complexity index is 942. The van der Waals surface area contributed by atoms with E-state index in [-0.39, 0.29) is 17.9 Å². The van der Waals surface area contributed by atoms with E-state index in [4.69, 9.17) is 10.5 Å². The highest BCUT2D eigenvalue weighted by atomic mass is 19.1. The molecule has 9 heteroatoms. The van der Waals surface area contributed by atoms with Crippen LogP contribution >= 0.6 is 0 Å². The number of rotatable bonds is 9. The molecule has 3 fully saturated rings. The predicted octanol–water partition coefficient (Wildman–Crippen LogP) is 4.02. The Kier molecular flexibility index (Phi) is 6.75. The molecule has 2 aliphatic carbocycles. The lowest BCUT2D eigenvalue weighted by Gasteiger charge is -2.30. The minimum absolute atomic E-state index is 0.148. The smallest absolute Gasteiger partial charge is 0.236 e. The molecule has 0 radical (unpaired) electrons. The number of halogens is 1. The molecule has 5 rings (SSSR count). The van der Waals surface area contributed by atoms with E-state index in [9.17, 15) is 4.39 Å². The first-order chi connectivity index (χ1) is 16.1. The number of aromatic nitrogens is 3. The van der Waals surface area contributed by atoms with Gasteiger partial charge in [-0.2, -0.15) is 15.0 Å². The summed E-state index contributed by atoms with van der Waals surface area (Å²) in [4.78, 5) is 15.4. The first kappa shape index (κ1) is 22.1. The van der Waals surface area contributed by atoms with Crippen molar-refractivity contribution in [2.45, 2.75) is 69.9 Å². The third-order valence-electron chi connectivity index (χ3n) is 6.76. The van der Waals surface area contributed by atoms with E-state index < -0.39 is 0 Å². The highest BCUT2D eigenvalue weighted by Gasteiger charge is 2.26. The molecule has 8 nitrogen and oxygen atoms in total. The quantitative estimate of drug-likeness (QED) is 0.521. The highest BCUT2D eigenvalue weighted by molar-refractivity contribution is 5.60. The van der Waals surface area contributed by atoms with Crippen LogP contribution < -0.4 is 26.0 Å². The summed E-state index contributed by atoms with van der Waals surface area (Å²) in [6, 6.07) is 5.53. The van der Waals surface area contributed by atoms with Crippen molar-refractivity contribution in [1.82, 2.24) is 20.3 Å². The largest absolute Gasteiger partial charge is 0.487 e. The number of nitrogens with zero attached hydrogens (tertiary/aromatic N) is 4. The van der Waals surface area contributed by atoms with Crippen LogP contribution in [-0.2, 0) is 0 Å². The minimum Gasteiger partial charge on any atom is -0.487 e. The summed E-state index contributed by atoms with van der Waals surface area (Å²) in [5.41, 5.74) is 6.77. The zero-order chi connectivity index (χ0) is 22.6. The Morgan fingerprint density at radius 2 is 1.91 bits per heavy atom. The summed E-state index contributed by atoms with van der Waals surface area (Å²) < 4.78 is 20.6. The molecule has 1 aliphatic heterocycles. The second-order valence-corrected chi connectivity index (χ2v) is 9.54. The minimum atomic E-state index is -0.360. The molecule has 1 aromatic heterocycles. The molecular weight excluding hydrogens is 421 g/mol. The SMILES string of the molecule is Nc1nc(NCC2CCCN2)nc(N(CC2CCCCC2)c2ccc(OC3CC3)c(F)c2)n1. The number of nitrogens with one attached hydrogen (secondary N) is 2. The van der Waals surface area contributed by atoms with Crippen LogP contribution in [0.1, 0.15) is 57.8 Å². The van der Waals surface area contributed by atoms with E-state index in [1.807, 2.05) is 11.0 Å². The van der Waals surface area contributed by atoms with E-state index in [0.717, 1.165) is 51.7 Å². The maximum absolute atomic E-state index is 14.9. The van der Waals surface area contributed by atoms with Crippen molar-refractivity contribution in [2.75, 3.05) is 35.6 Å². The van der Waals surface area contributed by atoms with Crippen LogP contribution in [-0.4, -0.2) is 46.7 Å². The molecule has 2 heterocycles. The van der Waals surface area contributed by atoms with E-state index in [2.05, 4.69) is 25.6 Å². The number of nitrogen functional groups attached to an aromatic ring is 1. The second kappa shape index (κ2) is 10.1. The van der Waals surface area contributed by atoms with Crippen molar-refractivity contribution in [3.8, 4) is 5.75 Å². The monoisotopic (exact) mass is 455 g/mol. The van der Waals surface area contributed by atoms with Gasteiger partial charge in [-0.15, -0.1) is 0 Å². The third kappa shape index (κ3) is 5.82. The standard InChI is InChI=1S/C24H34FN7O/c25-20-13-18(8-11-21(20)33-19-9-10-19)32(15-16-5-2-1-3-6-16)24-30-22(26)29-23(31-24)28-14-17-7-4-12-27-17/h8,11,13,16-17,19,27H,1-7,9-10,12,14-15H2,(H3,26,28,29,30,31). The number of hydrogen-bond acceptors (Lipinski definition) is 8. The third-order valence-corrected chi connectivity index (χ3v) is 6.76. The summed E-state index contributed by atoms with van der Waals surface area (Å²) >= 11 is 0. The zero-order valence-electron chi connectivity index (χ0n) is 19.1. The molecule has 2 aromatic rings. The van der Waals surface area contributed by atoms with Crippen LogP contribution in [0, 0.1) is 11.7 Å². The lowest BCUT2D eigenvalue weighted by atomic mass is 9.89. The van der Waals surface area contributed by atoms with Crippen LogP contribution in [0.4, 0.5) is 27.9 Å². The Morgan fingerprint density at radius 3 is 2.64 bits per heavy atom. The number of nitrogens with two attached hydrogens (primary N) is 1. The molecule has 1 atom stereocenters. The van der Waals surface area contributed by atoms with Crippen LogP contribution in [0.25, 0.3) is 0 Å². The molecule has 4 N–H and O–H groups in total. The van der Waals surface area contributed by atoms with Crippen LogP contribution in [0.3, 0.4) is 0 Å². The van der Waals surface area contributed by atoms with Gasteiger partial charge >= 0.3 is 0 Å². The number of ether oxygens (including phenoxy) is 1. The molecule has 2 saturated carbocycles. The lowest BCUT2D eigenvalue weighted by Crippen LogP contribution is -2.31. The molecule has 1 saturated heterocycles. The maximum atomic E-state index is 14.9.